The maximum Gasteiger partial charge on any atom is 0.251 e. The lowest BCUT2D eigenvalue weighted by Crippen LogP contribution is -2.23. The number of oxazole rings is 1. The smallest absolute Gasteiger partial charge is 0.251 e. The summed E-state index contributed by atoms with van der Waals surface area (Å²) < 4.78 is 16.2. The zero-order valence-electron chi connectivity index (χ0n) is 15.6. The van der Waals surface area contributed by atoms with Gasteiger partial charge in [-0.2, -0.15) is 0 Å². The second-order valence-electron chi connectivity index (χ2n) is 6.26. The van der Waals surface area contributed by atoms with E-state index < -0.39 is 0 Å². The summed E-state index contributed by atoms with van der Waals surface area (Å²) in [4.78, 5) is 16.8. The Morgan fingerprint density at radius 2 is 2.00 bits per heavy atom. The Kier molecular flexibility index (Phi) is 4.80. The lowest BCUT2D eigenvalue weighted by Gasteiger charge is -2.03. The largest absolute Gasteiger partial charge is 0.497 e. The molecular formula is C21H19N3O4. The third kappa shape index (κ3) is 3.34. The van der Waals surface area contributed by atoms with Crippen LogP contribution >= 0.6 is 0 Å². The molecule has 2 aromatic heterocycles. The number of nitrogens with one attached hydrogen (secondary N) is 1. The number of fused-ring (bicyclic) bond motifs is 1. The van der Waals surface area contributed by atoms with Crippen LogP contribution < -0.4 is 10.1 Å². The molecule has 0 unspecified atom stereocenters. The van der Waals surface area contributed by atoms with Crippen molar-refractivity contribution in [2.45, 2.75) is 13.3 Å². The first-order chi connectivity index (χ1) is 13.7. The Bertz CT molecular complexity index is 1110. The first kappa shape index (κ1) is 17.8. The molecule has 0 radical (unpaired) electrons. The fraction of sp³-hybridized carbons (Fsp3) is 0.190. The lowest BCUT2D eigenvalue weighted by atomic mass is 10.1. The van der Waals surface area contributed by atoms with Crippen LogP contribution in [0.1, 0.15) is 23.7 Å². The van der Waals surface area contributed by atoms with E-state index in [4.69, 9.17) is 13.7 Å². The third-order valence-electron chi connectivity index (χ3n) is 4.35. The molecule has 0 aliphatic carbocycles. The van der Waals surface area contributed by atoms with Crippen molar-refractivity contribution in [1.82, 2.24) is 15.5 Å². The van der Waals surface area contributed by atoms with Crippen molar-refractivity contribution < 1.29 is 18.5 Å². The number of ether oxygens (including phenoxy) is 1. The number of hydrogen-bond donors (Lipinski definition) is 1. The zero-order chi connectivity index (χ0) is 19.5. The van der Waals surface area contributed by atoms with Gasteiger partial charge in [0.25, 0.3) is 5.91 Å². The summed E-state index contributed by atoms with van der Waals surface area (Å²) in [5.74, 6) is 1.09. The van der Waals surface area contributed by atoms with E-state index in [9.17, 15) is 4.79 Å². The monoisotopic (exact) mass is 377 g/mol. The van der Waals surface area contributed by atoms with Crippen molar-refractivity contribution in [1.29, 1.82) is 0 Å². The zero-order valence-corrected chi connectivity index (χ0v) is 15.6. The summed E-state index contributed by atoms with van der Waals surface area (Å²) in [6.45, 7) is 2.63. The van der Waals surface area contributed by atoms with Gasteiger partial charge in [0.1, 0.15) is 23.4 Å². The Balaban J connectivity index is 1.67. The van der Waals surface area contributed by atoms with Gasteiger partial charge in [0.15, 0.2) is 5.58 Å². The van der Waals surface area contributed by atoms with Gasteiger partial charge >= 0.3 is 0 Å². The number of carbonyl (C=O) groups excluding carboxylic acids is 1. The molecular weight excluding hydrogens is 358 g/mol. The third-order valence-corrected chi connectivity index (χ3v) is 4.35. The van der Waals surface area contributed by atoms with Crippen LogP contribution in [0.15, 0.2) is 57.7 Å². The molecule has 0 atom stereocenters. The molecule has 7 nitrogen and oxygen atoms in total. The van der Waals surface area contributed by atoms with Crippen molar-refractivity contribution in [3.8, 4) is 28.6 Å². The van der Waals surface area contributed by atoms with Gasteiger partial charge in [-0.15, -0.1) is 0 Å². The Labute approximate surface area is 161 Å². The number of hydrogen-bond acceptors (Lipinski definition) is 6. The van der Waals surface area contributed by atoms with E-state index in [1.54, 1.807) is 25.3 Å². The fourth-order valence-electron chi connectivity index (χ4n) is 2.85. The quantitative estimate of drug-likeness (QED) is 0.539. The van der Waals surface area contributed by atoms with Gasteiger partial charge in [0.05, 0.1) is 12.5 Å². The normalized spacial score (nSPS) is 10.9. The number of methoxy groups -OCH3 is 1. The summed E-state index contributed by atoms with van der Waals surface area (Å²) in [7, 11) is 1.62. The Morgan fingerprint density at radius 3 is 2.75 bits per heavy atom. The molecule has 0 aliphatic rings. The average molecular weight is 377 g/mol. The molecule has 4 rings (SSSR count). The Morgan fingerprint density at radius 1 is 1.18 bits per heavy atom. The SMILES string of the molecule is CCCNC(=O)c1ccc2onc(-c3coc(-c4ccc(OC)cc4)n3)c2c1. The molecule has 28 heavy (non-hydrogen) atoms. The maximum atomic E-state index is 12.3. The molecule has 142 valence electrons. The van der Waals surface area contributed by atoms with Crippen LogP contribution in [0.5, 0.6) is 5.75 Å². The molecule has 2 heterocycles. The topological polar surface area (TPSA) is 90.4 Å². The highest BCUT2D eigenvalue weighted by Gasteiger charge is 2.17. The van der Waals surface area contributed by atoms with Crippen LogP contribution in [-0.4, -0.2) is 29.7 Å². The van der Waals surface area contributed by atoms with Gasteiger partial charge in [-0.25, -0.2) is 4.98 Å². The van der Waals surface area contributed by atoms with Crippen molar-refractivity contribution in [2.24, 2.45) is 0 Å². The minimum atomic E-state index is -0.130. The lowest BCUT2D eigenvalue weighted by molar-refractivity contribution is 0.0954. The van der Waals surface area contributed by atoms with Crippen LogP contribution in [0, 0.1) is 0 Å². The van der Waals surface area contributed by atoms with Crippen molar-refractivity contribution >= 4 is 16.9 Å². The number of amides is 1. The maximum absolute atomic E-state index is 12.3. The molecule has 0 spiro atoms. The standard InChI is InChI=1S/C21H19N3O4/c1-3-10-22-20(25)14-6-9-18-16(11-14)19(24-28-18)17-12-27-21(23-17)13-4-7-15(26-2)8-5-13/h4-9,11-12H,3,10H2,1-2H3,(H,22,25). The Hall–Kier alpha value is -3.61. The molecule has 1 amide bonds. The summed E-state index contributed by atoms with van der Waals surface area (Å²) in [6, 6.07) is 12.6. The first-order valence-corrected chi connectivity index (χ1v) is 8.97. The van der Waals surface area contributed by atoms with Crippen LogP contribution in [0.2, 0.25) is 0 Å². The molecule has 0 saturated carbocycles. The molecule has 0 fully saturated rings. The summed E-state index contributed by atoms with van der Waals surface area (Å²) in [5, 5.41) is 7.69. The minimum absolute atomic E-state index is 0.130. The summed E-state index contributed by atoms with van der Waals surface area (Å²) in [6.07, 6.45) is 2.40. The van der Waals surface area contributed by atoms with E-state index >= 15 is 0 Å². The van der Waals surface area contributed by atoms with Crippen LogP contribution in [0.25, 0.3) is 33.8 Å². The van der Waals surface area contributed by atoms with Gasteiger partial charge < -0.3 is 19.0 Å². The predicted molar refractivity (Wildman–Crippen MR) is 104 cm³/mol. The van der Waals surface area contributed by atoms with E-state index in [1.165, 1.54) is 6.26 Å². The molecule has 0 aliphatic heterocycles. The van der Waals surface area contributed by atoms with Gasteiger partial charge in [-0.3, -0.25) is 4.79 Å². The number of carbonyl (C=O) groups is 1. The molecule has 0 bridgehead atoms. The van der Waals surface area contributed by atoms with E-state index in [0.717, 1.165) is 17.7 Å². The molecule has 2 aromatic carbocycles. The number of benzene rings is 2. The number of rotatable bonds is 6. The van der Waals surface area contributed by atoms with E-state index in [0.29, 0.717) is 40.4 Å². The van der Waals surface area contributed by atoms with Crippen molar-refractivity contribution in [3.05, 3.63) is 54.3 Å². The van der Waals surface area contributed by atoms with Crippen LogP contribution in [-0.2, 0) is 0 Å². The summed E-state index contributed by atoms with van der Waals surface area (Å²) >= 11 is 0. The van der Waals surface area contributed by atoms with Crippen molar-refractivity contribution in [3.63, 3.8) is 0 Å². The van der Waals surface area contributed by atoms with Crippen LogP contribution in [0.3, 0.4) is 0 Å². The molecule has 1 N–H and O–H groups in total. The van der Waals surface area contributed by atoms with E-state index in [2.05, 4.69) is 15.5 Å². The van der Waals surface area contributed by atoms with E-state index in [-0.39, 0.29) is 5.91 Å². The van der Waals surface area contributed by atoms with E-state index in [1.807, 2.05) is 31.2 Å². The van der Waals surface area contributed by atoms with Crippen LogP contribution in [0.4, 0.5) is 0 Å². The van der Waals surface area contributed by atoms with Gasteiger partial charge in [-0.1, -0.05) is 12.1 Å². The highest BCUT2D eigenvalue weighted by molar-refractivity contribution is 6.00. The predicted octanol–water partition coefficient (Wildman–Crippen LogP) is 4.30. The highest BCUT2D eigenvalue weighted by Crippen LogP contribution is 2.31. The van der Waals surface area contributed by atoms with Crippen molar-refractivity contribution in [2.75, 3.05) is 13.7 Å². The second-order valence-corrected chi connectivity index (χ2v) is 6.26. The van der Waals surface area contributed by atoms with Gasteiger partial charge in [0, 0.05) is 17.7 Å². The summed E-state index contributed by atoms with van der Waals surface area (Å²) in [5.41, 5.74) is 3.01. The number of aromatic nitrogens is 2. The fourth-order valence-corrected chi connectivity index (χ4v) is 2.85. The molecule has 4 aromatic rings. The van der Waals surface area contributed by atoms with Gasteiger partial charge in [-0.05, 0) is 48.9 Å². The second kappa shape index (κ2) is 7.56. The minimum Gasteiger partial charge on any atom is -0.497 e. The molecule has 7 heteroatoms. The van der Waals surface area contributed by atoms with Gasteiger partial charge in [0.2, 0.25) is 5.89 Å². The highest BCUT2D eigenvalue weighted by atomic mass is 16.5. The number of nitrogens with zero attached hydrogens (tertiary/aromatic N) is 2. The average Bonchev–Trinajstić information content (AvgIpc) is 3.38. The molecule has 0 saturated heterocycles. The first-order valence-electron chi connectivity index (χ1n) is 8.97.